The number of benzene rings is 1. The first-order valence-electron chi connectivity index (χ1n) is 7.09. The van der Waals surface area contributed by atoms with Gasteiger partial charge >= 0.3 is 5.97 Å². The van der Waals surface area contributed by atoms with Crippen molar-refractivity contribution < 1.29 is 14.3 Å². The number of unbranched alkanes of at least 4 members (excludes halogenated alkanes) is 2. The van der Waals surface area contributed by atoms with Crippen molar-refractivity contribution in [2.75, 3.05) is 13.2 Å². The molecule has 1 aromatic rings. The van der Waals surface area contributed by atoms with Crippen LogP contribution in [0.3, 0.4) is 0 Å². The lowest BCUT2D eigenvalue weighted by Crippen LogP contribution is -2.29. The van der Waals surface area contributed by atoms with Crippen molar-refractivity contribution in [3.8, 4) is 0 Å². The summed E-state index contributed by atoms with van der Waals surface area (Å²) in [5.41, 5.74) is 0.718. The van der Waals surface area contributed by atoms with Crippen molar-refractivity contribution >= 4 is 41.2 Å². The molecular formula is C16H19Cl2NO3. The van der Waals surface area contributed by atoms with Crippen LogP contribution >= 0.6 is 23.2 Å². The number of amides is 1. The second-order valence-corrected chi connectivity index (χ2v) is 5.49. The first kappa shape index (κ1) is 18.5. The van der Waals surface area contributed by atoms with Crippen LogP contribution in [0.25, 0.3) is 6.08 Å². The van der Waals surface area contributed by atoms with Crippen LogP contribution < -0.4 is 5.32 Å². The Bertz CT molecular complexity index is 544. The van der Waals surface area contributed by atoms with Gasteiger partial charge in [-0.25, -0.2) is 4.79 Å². The van der Waals surface area contributed by atoms with Gasteiger partial charge in [-0.05, 0) is 30.2 Å². The number of carbonyl (C=O) groups is 2. The van der Waals surface area contributed by atoms with Gasteiger partial charge in [0.2, 0.25) is 0 Å². The van der Waals surface area contributed by atoms with Gasteiger partial charge in [-0.1, -0.05) is 49.0 Å². The van der Waals surface area contributed by atoms with Gasteiger partial charge in [0.15, 0.2) is 6.61 Å². The average molecular weight is 344 g/mol. The molecule has 0 fully saturated rings. The fourth-order valence-corrected chi connectivity index (χ4v) is 1.93. The second-order valence-electron chi connectivity index (χ2n) is 4.67. The van der Waals surface area contributed by atoms with E-state index in [4.69, 9.17) is 27.9 Å². The van der Waals surface area contributed by atoms with Crippen LogP contribution in [0.1, 0.15) is 31.7 Å². The summed E-state index contributed by atoms with van der Waals surface area (Å²) in [6.45, 7) is 2.41. The molecule has 1 aromatic carbocycles. The Balaban J connectivity index is 2.31. The number of esters is 1. The summed E-state index contributed by atoms with van der Waals surface area (Å²) in [6, 6.07) is 4.99. The van der Waals surface area contributed by atoms with Crippen molar-refractivity contribution in [1.82, 2.24) is 5.32 Å². The molecule has 0 aliphatic heterocycles. The molecule has 0 heterocycles. The van der Waals surface area contributed by atoms with E-state index in [9.17, 15) is 9.59 Å². The first-order chi connectivity index (χ1) is 10.5. The van der Waals surface area contributed by atoms with Crippen LogP contribution in [-0.2, 0) is 14.3 Å². The number of ether oxygens (including phenoxy) is 1. The van der Waals surface area contributed by atoms with Crippen LogP contribution in [0.15, 0.2) is 24.3 Å². The predicted octanol–water partition coefficient (Wildman–Crippen LogP) is 3.86. The smallest absolute Gasteiger partial charge is 0.331 e. The molecule has 0 atom stereocenters. The molecule has 0 bridgehead atoms. The standard InChI is InChI=1S/C16H19Cl2NO3/c1-2-3-4-9-19-15(20)11-22-16(21)8-6-12-5-7-13(17)14(18)10-12/h5-8,10H,2-4,9,11H2,1H3,(H,19,20)/b8-6+. The van der Waals surface area contributed by atoms with E-state index in [1.54, 1.807) is 24.3 Å². The zero-order valence-electron chi connectivity index (χ0n) is 12.4. The maximum atomic E-state index is 11.5. The predicted molar refractivity (Wildman–Crippen MR) is 89.0 cm³/mol. The van der Waals surface area contributed by atoms with Crippen molar-refractivity contribution in [3.05, 3.63) is 39.9 Å². The van der Waals surface area contributed by atoms with E-state index in [0.717, 1.165) is 24.8 Å². The normalized spacial score (nSPS) is 10.7. The molecule has 0 aromatic heterocycles. The highest BCUT2D eigenvalue weighted by Crippen LogP contribution is 2.23. The Morgan fingerprint density at radius 3 is 2.68 bits per heavy atom. The molecule has 4 nitrogen and oxygen atoms in total. The quantitative estimate of drug-likeness (QED) is 0.443. The number of rotatable bonds is 8. The summed E-state index contributed by atoms with van der Waals surface area (Å²) < 4.78 is 4.84. The highest BCUT2D eigenvalue weighted by Gasteiger charge is 2.04. The summed E-state index contributed by atoms with van der Waals surface area (Å²) in [6.07, 6.45) is 5.86. The van der Waals surface area contributed by atoms with E-state index in [1.807, 2.05) is 0 Å². The van der Waals surface area contributed by atoms with Gasteiger partial charge in [-0.15, -0.1) is 0 Å². The molecule has 0 unspecified atom stereocenters. The van der Waals surface area contributed by atoms with Gasteiger partial charge in [-0.3, -0.25) is 4.79 Å². The summed E-state index contributed by atoms with van der Waals surface area (Å²) >= 11 is 11.7. The lowest BCUT2D eigenvalue weighted by atomic mass is 10.2. The molecule has 120 valence electrons. The minimum atomic E-state index is -0.588. The molecule has 1 amide bonds. The Labute approximate surface area is 140 Å². The molecule has 0 radical (unpaired) electrons. The number of nitrogens with one attached hydrogen (secondary N) is 1. The first-order valence-corrected chi connectivity index (χ1v) is 7.85. The largest absolute Gasteiger partial charge is 0.452 e. The highest BCUT2D eigenvalue weighted by atomic mass is 35.5. The minimum Gasteiger partial charge on any atom is -0.452 e. The number of hydrogen-bond acceptors (Lipinski definition) is 3. The summed E-state index contributed by atoms with van der Waals surface area (Å²) in [5, 5.41) is 3.54. The maximum absolute atomic E-state index is 11.5. The third-order valence-corrected chi connectivity index (χ3v) is 3.54. The van der Waals surface area contributed by atoms with Gasteiger partial charge in [0.05, 0.1) is 10.0 Å². The third kappa shape index (κ3) is 7.48. The van der Waals surface area contributed by atoms with E-state index in [2.05, 4.69) is 12.2 Å². The van der Waals surface area contributed by atoms with Crippen LogP contribution in [0.5, 0.6) is 0 Å². The van der Waals surface area contributed by atoms with E-state index < -0.39 is 5.97 Å². The summed E-state index contributed by atoms with van der Waals surface area (Å²) in [5.74, 6) is -0.887. The lowest BCUT2D eigenvalue weighted by molar-refractivity contribution is -0.143. The summed E-state index contributed by atoms with van der Waals surface area (Å²) in [7, 11) is 0. The SMILES string of the molecule is CCCCCNC(=O)COC(=O)/C=C/c1ccc(Cl)c(Cl)c1. The van der Waals surface area contributed by atoms with Crippen molar-refractivity contribution in [1.29, 1.82) is 0 Å². The average Bonchev–Trinajstić information content (AvgIpc) is 2.50. The summed E-state index contributed by atoms with van der Waals surface area (Å²) in [4.78, 5) is 22.9. The molecule has 0 aliphatic carbocycles. The number of halogens is 2. The van der Waals surface area contributed by atoms with E-state index in [1.165, 1.54) is 6.08 Å². The van der Waals surface area contributed by atoms with Gasteiger partial charge in [-0.2, -0.15) is 0 Å². The van der Waals surface area contributed by atoms with Crippen LogP contribution in [0, 0.1) is 0 Å². The third-order valence-electron chi connectivity index (χ3n) is 2.80. The molecule has 6 heteroatoms. The monoisotopic (exact) mass is 343 g/mol. The van der Waals surface area contributed by atoms with Gasteiger partial charge < -0.3 is 10.1 Å². The molecule has 22 heavy (non-hydrogen) atoms. The maximum Gasteiger partial charge on any atom is 0.331 e. The highest BCUT2D eigenvalue weighted by molar-refractivity contribution is 6.42. The Morgan fingerprint density at radius 1 is 1.23 bits per heavy atom. The van der Waals surface area contributed by atoms with Crippen molar-refractivity contribution in [2.24, 2.45) is 0 Å². The van der Waals surface area contributed by atoms with Crippen LogP contribution in [0.2, 0.25) is 10.0 Å². The fourth-order valence-electron chi connectivity index (χ4n) is 1.62. The fraction of sp³-hybridized carbons (Fsp3) is 0.375. The van der Waals surface area contributed by atoms with Crippen LogP contribution in [0.4, 0.5) is 0 Å². The van der Waals surface area contributed by atoms with Gasteiger partial charge in [0.25, 0.3) is 5.91 Å². The van der Waals surface area contributed by atoms with Gasteiger partial charge in [0, 0.05) is 12.6 Å². The molecule has 0 aliphatic rings. The Morgan fingerprint density at radius 2 is 2.00 bits per heavy atom. The molecule has 0 saturated heterocycles. The van der Waals surface area contributed by atoms with E-state index >= 15 is 0 Å². The zero-order chi connectivity index (χ0) is 16.4. The number of hydrogen-bond donors (Lipinski definition) is 1. The molecule has 0 saturated carbocycles. The molecule has 1 N–H and O–H groups in total. The molecular weight excluding hydrogens is 325 g/mol. The van der Waals surface area contributed by atoms with E-state index in [0.29, 0.717) is 16.6 Å². The Kier molecular flexibility index (Phi) is 8.63. The number of carbonyl (C=O) groups excluding carboxylic acids is 2. The minimum absolute atomic E-state index is 0.281. The van der Waals surface area contributed by atoms with Crippen LogP contribution in [-0.4, -0.2) is 25.0 Å². The molecule has 1 rings (SSSR count). The lowest BCUT2D eigenvalue weighted by Gasteiger charge is -2.04. The Hall–Kier alpha value is -1.52. The van der Waals surface area contributed by atoms with Crippen molar-refractivity contribution in [3.63, 3.8) is 0 Å². The second kappa shape index (κ2) is 10.2. The van der Waals surface area contributed by atoms with Crippen molar-refractivity contribution in [2.45, 2.75) is 26.2 Å². The van der Waals surface area contributed by atoms with E-state index in [-0.39, 0.29) is 12.5 Å². The van der Waals surface area contributed by atoms with Gasteiger partial charge in [0.1, 0.15) is 0 Å². The molecule has 0 spiro atoms. The topological polar surface area (TPSA) is 55.4 Å². The zero-order valence-corrected chi connectivity index (χ0v) is 13.9.